The van der Waals surface area contributed by atoms with Crippen molar-refractivity contribution in [2.45, 2.75) is 40.5 Å². The molecular weight excluding hydrogens is 234 g/mol. The maximum Gasteiger partial charge on any atom is 0.174 e. The van der Waals surface area contributed by atoms with Crippen LogP contribution in [0.3, 0.4) is 0 Å². The Hall–Kier alpha value is -1.08. The molecule has 0 fully saturated rings. The lowest BCUT2D eigenvalue weighted by Gasteiger charge is -2.10. The lowest BCUT2D eigenvalue weighted by molar-refractivity contribution is 0.603. The summed E-state index contributed by atoms with van der Waals surface area (Å²) in [6.07, 6.45) is 4.92. The van der Waals surface area contributed by atoms with Crippen molar-refractivity contribution in [3.05, 3.63) is 22.6 Å². The fourth-order valence-corrected chi connectivity index (χ4v) is 2.22. The van der Waals surface area contributed by atoms with E-state index in [9.17, 15) is 8.42 Å². The molecule has 0 aromatic heterocycles. The van der Waals surface area contributed by atoms with Crippen molar-refractivity contribution in [3.63, 3.8) is 0 Å². The Morgan fingerprint density at radius 3 is 2.41 bits per heavy atom. The average Bonchev–Trinajstić information content (AvgIpc) is 2.28. The summed E-state index contributed by atoms with van der Waals surface area (Å²) in [6.45, 7) is 7.18. The average molecular weight is 255 g/mol. The predicted molar refractivity (Wildman–Crippen MR) is 71.0 cm³/mol. The summed E-state index contributed by atoms with van der Waals surface area (Å²) in [4.78, 5) is 0.379. The van der Waals surface area contributed by atoms with Crippen molar-refractivity contribution in [2.24, 2.45) is 5.92 Å². The molecule has 0 rings (SSSR count). The fourth-order valence-electron chi connectivity index (χ4n) is 1.45. The zero-order valence-corrected chi connectivity index (χ0v) is 11.8. The Morgan fingerprint density at radius 1 is 1.41 bits per heavy atom. The normalized spacial score (nSPS) is 15.5. The van der Waals surface area contributed by atoms with Gasteiger partial charge in [-0.15, -0.1) is 0 Å². The van der Waals surface area contributed by atoms with Crippen molar-refractivity contribution in [1.29, 1.82) is 5.26 Å². The lowest BCUT2D eigenvalue weighted by Crippen LogP contribution is -2.06. The van der Waals surface area contributed by atoms with Crippen LogP contribution in [-0.2, 0) is 9.84 Å². The van der Waals surface area contributed by atoms with Crippen molar-refractivity contribution >= 4 is 9.84 Å². The minimum Gasteiger partial charge on any atom is -0.224 e. The Labute approximate surface area is 105 Å². The predicted octanol–water partition coefficient (Wildman–Crippen LogP) is 3.21. The zero-order chi connectivity index (χ0) is 13.5. The van der Waals surface area contributed by atoms with E-state index in [-0.39, 0.29) is 11.7 Å². The molecule has 0 spiro atoms. The maximum absolute atomic E-state index is 11.7. The second-order valence-electron chi connectivity index (χ2n) is 4.03. The SMILES string of the molecule is CC/C=C(\C=C(/C)S(=O)(=O)CC)C(C)CC#N. The van der Waals surface area contributed by atoms with Gasteiger partial charge in [0.1, 0.15) is 0 Å². The highest BCUT2D eigenvalue weighted by atomic mass is 32.2. The molecule has 96 valence electrons. The summed E-state index contributed by atoms with van der Waals surface area (Å²) >= 11 is 0. The molecule has 0 aliphatic heterocycles. The number of rotatable bonds is 6. The number of hydrogen-bond donors (Lipinski definition) is 0. The van der Waals surface area contributed by atoms with Gasteiger partial charge in [0.05, 0.1) is 11.8 Å². The molecule has 0 N–H and O–H groups in total. The molecule has 0 bridgehead atoms. The first kappa shape index (κ1) is 15.9. The van der Waals surface area contributed by atoms with Crippen LogP contribution in [0.1, 0.15) is 40.5 Å². The summed E-state index contributed by atoms with van der Waals surface area (Å²) in [6, 6.07) is 2.11. The smallest absolute Gasteiger partial charge is 0.174 e. The molecule has 0 saturated carbocycles. The topological polar surface area (TPSA) is 57.9 Å². The molecule has 0 aliphatic carbocycles. The van der Waals surface area contributed by atoms with Gasteiger partial charge in [0, 0.05) is 11.3 Å². The van der Waals surface area contributed by atoms with Gasteiger partial charge in [-0.2, -0.15) is 5.26 Å². The van der Waals surface area contributed by atoms with E-state index in [1.807, 2.05) is 19.9 Å². The molecule has 1 atom stereocenters. The van der Waals surface area contributed by atoms with E-state index in [1.165, 1.54) is 0 Å². The van der Waals surface area contributed by atoms with E-state index in [0.717, 1.165) is 12.0 Å². The van der Waals surface area contributed by atoms with E-state index < -0.39 is 9.84 Å². The van der Waals surface area contributed by atoms with Gasteiger partial charge in [-0.25, -0.2) is 8.42 Å². The summed E-state index contributed by atoms with van der Waals surface area (Å²) in [7, 11) is -3.12. The third kappa shape index (κ3) is 5.18. The van der Waals surface area contributed by atoms with Gasteiger partial charge < -0.3 is 0 Å². The van der Waals surface area contributed by atoms with E-state index >= 15 is 0 Å². The number of allylic oxidation sites excluding steroid dienone is 4. The van der Waals surface area contributed by atoms with E-state index in [4.69, 9.17) is 5.26 Å². The first-order valence-electron chi connectivity index (χ1n) is 5.87. The summed E-state index contributed by atoms with van der Waals surface area (Å²) in [5.74, 6) is 0.184. The molecule has 17 heavy (non-hydrogen) atoms. The van der Waals surface area contributed by atoms with Crippen molar-refractivity contribution in [1.82, 2.24) is 0 Å². The van der Waals surface area contributed by atoms with Gasteiger partial charge in [-0.05, 0) is 30.9 Å². The monoisotopic (exact) mass is 255 g/mol. The van der Waals surface area contributed by atoms with Gasteiger partial charge in [-0.1, -0.05) is 26.8 Å². The largest absolute Gasteiger partial charge is 0.224 e. The number of nitriles is 1. The van der Waals surface area contributed by atoms with Gasteiger partial charge in [0.15, 0.2) is 9.84 Å². The highest BCUT2D eigenvalue weighted by Crippen LogP contribution is 2.20. The number of hydrogen-bond acceptors (Lipinski definition) is 3. The maximum atomic E-state index is 11.7. The Bertz CT molecular complexity index is 439. The standard InChI is InChI=1S/C13H21NO2S/c1-5-7-13(11(3)8-9-14)10-12(4)17(15,16)6-2/h7,10-11H,5-6,8H2,1-4H3/b12-10+,13-7+. The van der Waals surface area contributed by atoms with Crippen LogP contribution in [0, 0.1) is 17.2 Å². The molecular formula is C13H21NO2S. The summed E-state index contributed by atoms with van der Waals surface area (Å²) in [5.41, 5.74) is 0.934. The van der Waals surface area contributed by atoms with Crippen molar-refractivity contribution in [2.75, 3.05) is 5.75 Å². The highest BCUT2D eigenvalue weighted by Gasteiger charge is 2.13. The van der Waals surface area contributed by atoms with E-state index in [0.29, 0.717) is 11.3 Å². The van der Waals surface area contributed by atoms with Crippen molar-refractivity contribution < 1.29 is 8.42 Å². The first-order chi connectivity index (χ1) is 7.88. The van der Waals surface area contributed by atoms with Crippen molar-refractivity contribution in [3.8, 4) is 6.07 Å². The quantitative estimate of drug-likeness (QED) is 0.685. The van der Waals surface area contributed by atoms with Gasteiger partial charge >= 0.3 is 0 Å². The third-order valence-corrected chi connectivity index (χ3v) is 4.51. The van der Waals surface area contributed by atoms with Crippen LogP contribution in [0.2, 0.25) is 0 Å². The fraction of sp³-hybridized carbons (Fsp3) is 0.615. The van der Waals surface area contributed by atoms with Crippen LogP contribution in [-0.4, -0.2) is 14.2 Å². The first-order valence-corrected chi connectivity index (χ1v) is 7.52. The van der Waals surface area contributed by atoms with Crippen LogP contribution >= 0.6 is 0 Å². The Kier molecular flexibility index (Phi) is 6.82. The lowest BCUT2D eigenvalue weighted by atomic mass is 9.97. The highest BCUT2D eigenvalue weighted by molar-refractivity contribution is 7.95. The molecule has 0 aromatic carbocycles. The van der Waals surface area contributed by atoms with Crippen LogP contribution < -0.4 is 0 Å². The molecule has 0 aliphatic rings. The second kappa shape index (κ2) is 7.29. The van der Waals surface area contributed by atoms with E-state index in [2.05, 4.69) is 6.07 Å². The van der Waals surface area contributed by atoms with Gasteiger partial charge in [-0.3, -0.25) is 0 Å². The summed E-state index contributed by atoms with van der Waals surface area (Å²) < 4.78 is 23.3. The number of sulfone groups is 1. The molecule has 1 unspecified atom stereocenters. The molecule has 0 amide bonds. The molecule has 0 heterocycles. The summed E-state index contributed by atoms with van der Waals surface area (Å²) in [5, 5.41) is 8.68. The van der Waals surface area contributed by atoms with Crippen LogP contribution in [0.25, 0.3) is 0 Å². The zero-order valence-electron chi connectivity index (χ0n) is 11.0. The van der Waals surface area contributed by atoms with Gasteiger partial charge in [0.2, 0.25) is 0 Å². The van der Waals surface area contributed by atoms with E-state index in [1.54, 1.807) is 19.9 Å². The molecule has 3 nitrogen and oxygen atoms in total. The molecule has 4 heteroatoms. The Balaban J connectivity index is 5.22. The van der Waals surface area contributed by atoms with Crippen LogP contribution in [0.4, 0.5) is 0 Å². The number of nitrogens with zero attached hydrogens (tertiary/aromatic N) is 1. The van der Waals surface area contributed by atoms with Crippen LogP contribution in [0.5, 0.6) is 0 Å². The molecule has 0 radical (unpaired) electrons. The van der Waals surface area contributed by atoms with Gasteiger partial charge in [0.25, 0.3) is 0 Å². The third-order valence-electron chi connectivity index (χ3n) is 2.65. The second-order valence-corrected chi connectivity index (χ2v) is 6.48. The van der Waals surface area contributed by atoms with Crippen LogP contribution in [0.15, 0.2) is 22.6 Å². The minimum atomic E-state index is -3.12. The Morgan fingerprint density at radius 2 is 2.00 bits per heavy atom. The minimum absolute atomic E-state index is 0.0713. The molecule has 0 saturated heterocycles. The molecule has 0 aromatic rings.